The first-order valence-corrected chi connectivity index (χ1v) is 21.4. The summed E-state index contributed by atoms with van der Waals surface area (Å²) >= 11 is 6.57. The number of nitrogens with one attached hydrogen (secondary N) is 1. The maximum atomic E-state index is 13.4. The van der Waals surface area contributed by atoms with Gasteiger partial charge in [-0.25, -0.2) is 0 Å². The lowest BCUT2D eigenvalue weighted by Crippen LogP contribution is -2.52. The van der Waals surface area contributed by atoms with Gasteiger partial charge in [0.1, 0.15) is 17.6 Å². The average Bonchev–Trinajstić information content (AvgIpc) is 3.84. The van der Waals surface area contributed by atoms with Crippen molar-refractivity contribution in [1.82, 2.24) is 24.7 Å². The minimum absolute atomic E-state index is 0.0557. The van der Waals surface area contributed by atoms with Crippen LogP contribution in [-0.4, -0.2) is 82.4 Å². The van der Waals surface area contributed by atoms with E-state index >= 15 is 0 Å². The number of hydrogen-bond donors (Lipinski definition) is 1. The third-order valence-corrected chi connectivity index (χ3v) is 15.1. The molecule has 1 atom stereocenters. The van der Waals surface area contributed by atoms with E-state index in [1.165, 1.54) is 23.2 Å². The van der Waals surface area contributed by atoms with Crippen LogP contribution in [0, 0.1) is 5.92 Å². The van der Waals surface area contributed by atoms with Crippen molar-refractivity contribution in [2.24, 2.45) is 5.92 Å². The standard InChI is InChI=1S/C45H47ClN6O5/c46-33-5-4-6-35-38(33)41(55)48-43-45(15-2-1-3-16-45)32-23-28(7-10-34(32)52(35)43)50-19-13-27(14-20-50)24-49-21-17-44(18-22-49)26-57-39-30-25-51(36-11-12-37(53)47-40(36)54)42(56)29(30)8-9-31(39)44/h4-10,23,27,36H,1-3,11-22,24-26H2,(H,47,53,54)/t36-/m0/s1. The number of carbonyl (C=O) groups excluding carboxylic acids is 3. The number of carbonyl (C=O) groups is 3. The lowest BCUT2D eigenvalue weighted by Gasteiger charge is -2.41. The van der Waals surface area contributed by atoms with Crippen LogP contribution in [0.1, 0.15) is 104 Å². The summed E-state index contributed by atoms with van der Waals surface area (Å²) in [5.74, 6) is 1.54. The van der Waals surface area contributed by atoms with Gasteiger partial charge >= 0.3 is 0 Å². The maximum Gasteiger partial charge on any atom is 0.282 e. The van der Waals surface area contributed by atoms with E-state index < -0.39 is 6.04 Å². The van der Waals surface area contributed by atoms with Crippen LogP contribution in [0.2, 0.25) is 5.02 Å². The van der Waals surface area contributed by atoms with Gasteiger partial charge in [-0.15, -0.1) is 0 Å². The van der Waals surface area contributed by atoms with Crippen molar-refractivity contribution in [2.45, 2.75) is 94.0 Å². The van der Waals surface area contributed by atoms with Gasteiger partial charge in [-0.3, -0.25) is 29.1 Å². The number of rotatable bonds is 4. The van der Waals surface area contributed by atoms with Gasteiger partial charge < -0.3 is 19.4 Å². The van der Waals surface area contributed by atoms with Crippen LogP contribution in [0.15, 0.2) is 53.3 Å². The number of likely N-dealkylation sites (tertiary alicyclic amines) is 1. The average molecular weight is 787 g/mol. The van der Waals surface area contributed by atoms with Gasteiger partial charge in [-0.2, -0.15) is 4.98 Å². The number of benzene rings is 3. The number of nitrogens with zero attached hydrogens (tertiary/aromatic N) is 5. The zero-order valence-corrected chi connectivity index (χ0v) is 32.9. The topological polar surface area (TPSA) is 117 Å². The van der Waals surface area contributed by atoms with E-state index in [4.69, 9.17) is 21.3 Å². The molecule has 57 heavy (non-hydrogen) atoms. The second-order valence-corrected chi connectivity index (χ2v) is 18.1. The maximum absolute atomic E-state index is 13.4. The number of anilines is 1. The van der Waals surface area contributed by atoms with Crippen molar-refractivity contribution in [3.8, 4) is 11.4 Å². The largest absolute Gasteiger partial charge is 0.492 e. The molecule has 4 aromatic rings. The molecule has 6 aliphatic heterocycles. The molecule has 0 radical (unpaired) electrons. The summed E-state index contributed by atoms with van der Waals surface area (Å²) in [6.07, 6.45) is 10.4. The Morgan fingerprint density at radius 3 is 2.47 bits per heavy atom. The molecule has 7 heterocycles. The van der Waals surface area contributed by atoms with E-state index in [2.05, 4.69) is 43.9 Å². The second kappa shape index (κ2) is 13.1. The fourth-order valence-corrected chi connectivity index (χ4v) is 11.9. The highest BCUT2D eigenvalue weighted by Gasteiger charge is 2.49. The fraction of sp³-hybridized carbons (Fsp3) is 0.489. The SMILES string of the molecule is O=C1CC[C@H](N2Cc3c(ccc4c3OCC43CCN(CC4CCN(c5ccc6c(c5)C5(CCCCC5)c5nc(=O)c7c(Cl)cccc7n5-6)CC4)CC3)C2=O)C(=O)N1. The molecule has 2 spiro atoms. The Kier molecular flexibility index (Phi) is 8.17. The molecule has 3 saturated heterocycles. The first-order chi connectivity index (χ1) is 27.7. The number of imide groups is 1. The van der Waals surface area contributed by atoms with Crippen LogP contribution >= 0.6 is 11.6 Å². The Morgan fingerprint density at radius 1 is 0.877 bits per heavy atom. The van der Waals surface area contributed by atoms with Crippen molar-refractivity contribution in [3.05, 3.63) is 92.0 Å². The molecule has 7 aliphatic rings. The molecule has 1 aromatic heterocycles. The second-order valence-electron chi connectivity index (χ2n) is 17.7. The molecular weight excluding hydrogens is 740 g/mol. The van der Waals surface area contributed by atoms with Gasteiger partial charge in [0.15, 0.2) is 0 Å². The van der Waals surface area contributed by atoms with E-state index in [1.54, 1.807) is 11.0 Å². The van der Waals surface area contributed by atoms with Crippen molar-refractivity contribution in [3.63, 3.8) is 0 Å². The summed E-state index contributed by atoms with van der Waals surface area (Å²) in [4.78, 5) is 62.8. The molecule has 12 heteroatoms. The Balaban J connectivity index is 0.756. The molecule has 0 unspecified atom stereocenters. The summed E-state index contributed by atoms with van der Waals surface area (Å²) in [5, 5.41) is 3.35. The van der Waals surface area contributed by atoms with Crippen molar-refractivity contribution >= 4 is 45.9 Å². The molecule has 294 valence electrons. The van der Waals surface area contributed by atoms with Gasteiger partial charge in [0.25, 0.3) is 11.5 Å². The van der Waals surface area contributed by atoms with E-state index in [0.717, 1.165) is 112 Å². The van der Waals surface area contributed by atoms with E-state index in [-0.39, 0.29) is 40.5 Å². The van der Waals surface area contributed by atoms with Crippen molar-refractivity contribution in [2.75, 3.05) is 44.2 Å². The Bertz CT molecular complexity index is 2440. The number of piperidine rings is 3. The summed E-state index contributed by atoms with van der Waals surface area (Å²) in [6, 6.07) is 16.1. The number of halogens is 1. The zero-order valence-electron chi connectivity index (χ0n) is 32.2. The minimum Gasteiger partial charge on any atom is -0.492 e. The molecule has 1 saturated carbocycles. The lowest BCUT2D eigenvalue weighted by atomic mass is 9.69. The smallest absolute Gasteiger partial charge is 0.282 e. The molecule has 11 rings (SSSR count). The summed E-state index contributed by atoms with van der Waals surface area (Å²) in [6.45, 7) is 6.16. The monoisotopic (exact) mass is 786 g/mol. The summed E-state index contributed by atoms with van der Waals surface area (Å²) < 4.78 is 8.66. The molecule has 1 N–H and O–H groups in total. The number of ether oxygens (including phenoxy) is 1. The predicted molar refractivity (Wildman–Crippen MR) is 216 cm³/mol. The van der Waals surface area contributed by atoms with Gasteiger partial charge in [0, 0.05) is 53.8 Å². The van der Waals surface area contributed by atoms with Crippen LogP contribution < -0.4 is 20.5 Å². The van der Waals surface area contributed by atoms with E-state index in [1.807, 2.05) is 18.2 Å². The van der Waals surface area contributed by atoms with Crippen molar-refractivity contribution in [1.29, 1.82) is 0 Å². The van der Waals surface area contributed by atoms with Crippen LogP contribution in [0.5, 0.6) is 5.75 Å². The van der Waals surface area contributed by atoms with Crippen LogP contribution in [0.25, 0.3) is 16.6 Å². The third kappa shape index (κ3) is 5.37. The molecule has 3 aromatic carbocycles. The Labute approximate surface area is 336 Å². The van der Waals surface area contributed by atoms with Gasteiger partial charge in [0.05, 0.1) is 40.2 Å². The van der Waals surface area contributed by atoms with Gasteiger partial charge in [0.2, 0.25) is 11.8 Å². The number of hydrogen-bond acceptors (Lipinski definition) is 8. The van der Waals surface area contributed by atoms with Crippen LogP contribution in [0.4, 0.5) is 5.69 Å². The first-order valence-electron chi connectivity index (χ1n) is 21.0. The highest BCUT2D eigenvalue weighted by atomic mass is 35.5. The number of fused-ring (bicyclic) bond motifs is 11. The van der Waals surface area contributed by atoms with E-state index in [0.29, 0.717) is 41.5 Å². The molecule has 1 aliphatic carbocycles. The Morgan fingerprint density at radius 2 is 1.68 bits per heavy atom. The molecular formula is C45H47ClN6O5. The van der Waals surface area contributed by atoms with Crippen LogP contribution in [-0.2, 0) is 27.0 Å². The predicted octanol–water partition coefficient (Wildman–Crippen LogP) is 6.01. The lowest BCUT2D eigenvalue weighted by molar-refractivity contribution is -0.136. The number of aromatic nitrogens is 2. The normalized spacial score (nSPS) is 23.8. The summed E-state index contributed by atoms with van der Waals surface area (Å²) in [5.41, 5.74) is 6.74. The summed E-state index contributed by atoms with van der Waals surface area (Å²) in [7, 11) is 0. The highest BCUT2D eigenvalue weighted by molar-refractivity contribution is 6.35. The molecule has 11 nitrogen and oxygen atoms in total. The number of amides is 3. The van der Waals surface area contributed by atoms with Gasteiger partial charge in [-0.05, 0) is 106 Å². The van der Waals surface area contributed by atoms with E-state index in [9.17, 15) is 19.2 Å². The first kappa shape index (κ1) is 35.4. The quantitative estimate of drug-likeness (QED) is 0.251. The highest BCUT2D eigenvalue weighted by Crippen LogP contribution is 2.53. The molecule has 0 bridgehead atoms. The Hall–Kier alpha value is -4.74. The molecule has 3 amide bonds. The van der Waals surface area contributed by atoms with Gasteiger partial charge in [-0.1, -0.05) is 43.0 Å². The fourth-order valence-electron chi connectivity index (χ4n) is 11.7. The minimum atomic E-state index is -0.629. The third-order valence-electron chi connectivity index (χ3n) is 14.8. The zero-order chi connectivity index (χ0) is 38.6. The van der Waals surface area contributed by atoms with Crippen LogP contribution in [0.3, 0.4) is 0 Å². The molecule has 4 fully saturated rings. The van der Waals surface area contributed by atoms with Crippen molar-refractivity contribution < 1.29 is 19.1 Å².